The molecule has 0 aromatic heterocycles. The minimum absolute atomic E-state index is 0.189. The number of sulfonamides is 1. The van der Waals surface area contributed by atoms with Gasteiger partial charge in [-0.25, -0.2) is 8.42 Å². The van der Waals surface area contributed by atoms with Gasteiger partial charge in [0.05, 0.1) is 12.4 Å². The van der Waals surface area contributed by atoms with Crippen LogP contribution in [0, 0.1) is 0 Å². The molecule has 8 heteroatoms. The van der Waals surface area contributed by atoms with Gasteiger partial charge in [0.2, 0.25) is 10.0 Å². The van der Waals surface area contributed by atoms with Crippen molar-refractivity contribution in [3.8, 4) is 0 Å². The number of aliphatic hydroxyl groups is 1. The monoisotopic (exact) mass is 247 g/mol. The first kappa shape index (κ1) is 14.4. The van der Waals surface area contributed by atoms with E-state index >= 15 is 0 Å². The second-order valence-corrected chi connectivity index (χ2v) is 4.75. The topological polar surface area (TPSA) is 57.6 Å². The number of rotatable bonds is 6. The molecule has 0 amide bonds. The SMILES string of the molecule is C=CCS(=O)(=O)N(CCO)CC(F)(F)F. The fourth-order valence-electron chi connectivity index (χ4n) is 0.882. The normalized spacial score (nSPS) is 13.1. The van der Waals surface area contributed by atoms with Crippen LogP contribution in [0.4, 0.5) is 13.2 Å². The summed E-state index contributed by atoms with van der Waals surface area (Å²) in [6.45, 7) is 0.308. The van der Waals surface area contributed by atoms with Crippen LogP contribution in [0.5, 0.6) is 0 Å². The third kappa shape index (κ3) is 5.75. The summed E-state index contributed by atoms with van der Waals surface area (Å²) < 4.78 is 58.6. The molecular weight excluding hydrogens is 235 g/mol. The largest absolute Gasteiger partial charge is 0.402 e. The Morgan fingerprint density at radius 1 is 1.40 bits per heavy atom. The molecule has 0 aliphatic heterocycles. The number of alkyl halides is 3. The van der Waals surface area contributed by atoms with Crippen molar-refractivity contribution in [3.05, 3.63) is 12.7 Å². The number of hydrogen-bond acceptors (Lipinski definition) is 3. The summed E-state index contributed by atoms with van der Waals surface area (Å²) in [5.41, 5.74) is 0. The van der Waals surface area contributed by atoms with Crippen LogP contribution >= 0.6 is 0 Å². The predicted octanol–water partition coefficient (Wildman–Crippen LogP) is 0.359. The highest BCUT2D eigenvalue weighted by molar-refractivity contribution is 7.89. The third-order valence-corrected chi connectivity index (χ3v) is 3.18. The molecule has 0 spiro atoms. The number of aliphatic hydroxyl groups excluding tert-OH is 1. The highest BCUT2D eigenvalue weighted by Crippen LogP contribution is 2.18. The Kier molecular flexibility index (Phi) is 5.26. The molecule has 0 bridgehead atoms. The van der Waals surface area contributed by atoms with Crippen LogP contribution in [0.25, 0.3) is 0 Å². The van der Waals surface area contributed by atoms with Crippen molar-refractivity contribution in [2.45, 2.75) is 6.18 Å². The van der Waals surface area contributed by atoms with Crippen molar-refractivity contribution in [3.63, 3.8) is 0 Å². The standard InChI is InChI=1S/C7H12F3NO3S/c1-2-5-15(13,14)11(3-4-12)6-7(8,9)10/h2,12H,1,3-6H2. The van der Waals surface area contributed by atoms with Crippen molar-refractivity contribution in [2.75, 3.05) is 25.4 Å². The van der Waals surface area contributed by atoms with E-state index in [0.717, 1.165) is 6.08 Å². The molecule has 0 aromatic carbocycles. The molecule has 4 nitrogen and oxygen atoms in total. The number of nitrogens with zero attached hydrogens (tertiary/aromatic N) is 1. The van der Waals surface area contributed by atoms with E-state index in [0.29, 0.717) is 0 Å². The van der Waals surface area contributed by atoms with Gasteiger partial charge in [-0.05, 0) is 0 Å². The second kappa shape index (κ2) is 5.47. The van der Waals surface area contributed by atoms with Gasteiger partial charge in [0.25, 0.3) is 0 Å². The molecule has 1 N–H and O–H groups in total. The summed E-state index contributed by atoms with van der Waals surface area (Å²) in [5, 5.41) is 8.47. The summed E-state index contributed by atoms with van der Waals surface area (Å²) in [6.07, 6.45) is -3.63. The van der Waals surface area contributed by atoms with Gasteiger partial charge in [-0.15, -0.1) is 6.58 Å². The molecule has 0 rings (SSSR count). The molecule has 0 aliphatic rings. The van der Waals surface area contributed by atoms with Crippen LogP contribution in [-0.4, -0.2) is 49.5 Å². The Hall–Kier alpha value is -0.600. The molecule has 0 unspecified atom stereocenters. The molecule has 0 atom stereocenters. The van der Waals surface area contributed by atoms with E-state index in [9.17, 15) is 21.6 Å². The summed E-state index contributed by atoms with van der Waals surface area (Å²) in [7, 11) is -4.03. The summed E-state index contributed by atoms with van der Waals surface area (Å²) in [6, 6.07) is 0. The molecule has 0 heterocycles. The maximum atomic E-state index is 12.0. The van der Waals surface area contributed by atoms with Crippen LogP contribution < -0.4 is 0 Å². The van der Waals surface area contributed by atoms with Gasteiger partial charge in [-0.3, -0.25) is 0 Å². The fraction of sp³-hybridized carbons (Fsp3) is 0.714. The zero-order chi connectivity index (χ0) is 12.1. The average Bonchev–Trinajstić information content (AvgIpc) is 2.01. The summed E-state index contributed by atoms with van der Waals surface area (Å²) in [5.74, 6) is -0.580. The van der Waals surface area contributed by atoms with E-state index < -0.39 is 41.6 Å². The fourth-order valence-corrected chi connectivity index (χ4v) is 2.09. The van der Waals surface area contributed by atoms with Gasteiger partial charge in [0.15, 0.2) is 0 Å². The Morgan fingerprint density at radius 2 is 1.93 bits per heavy atom. The molecule has 0 radical (unpaired) electrons. The van der Waals surface area contributed by atoms with Gasteiger partial charge in [0, 0.05) is 6.54 Å². The molecule has 90 valence electrons. The third-order valence-electron chi connectivity index (χ3n) is 1.43. The first-order chi connectivity index (χ1) is 6.73. The predicted molar refractivity (Wildman–Crippen MR) is 48.7 cm³/mol. The smallest absolute Gasteiger partial charge is 0.395 e. The van der Waals surface area contributed by atoms with E-state index in [4.69, 9.17) is 5.11 Å². The average molecular weight is 247 g/mol. The van der Waals surface area contributed by atoms with Crippen molar-refractivity contribution < 1.29 is 26.7 Å². The number of halogens is 3. The van der Waals surface area contributed by atoms with Gasteiger partial charge in [-0.2, -0.15) is 17.5 Å². The van der Waals surface area contributed by atoms with Crippen LogP contribution in [0.15, 0.2) is 12.7 Å². The lowest BCUT2D eigenvalue weighted by molar-refractivity contribution is -0.136. The summed E-state index contributed by atoms with van der Waals surface area (Å²) >= 11 is 0. The molecule has 0 saturated carbocycles. The molecule has 0 saturated heterocycles. The molecular formula is C7H12F3NO3S. The lowest BCUT2D eigenvalue weighted by Gasteiger charge is -2.21. The summed E-state index contributed by atoms with van der Waals surface area (Å²) in [4.78, 5) is 0. The van der Waals surface area contributed by atoms with E-state index in [1.807, 2.05) is 0 Å². The number of hydrogen-bond donors (Lipinski definition) is 1. The minimum atomic E-state index is -4.62. The highest BCUT2D eigenvalue weighted by atomic mass is 32.2. The van der Waals surface area contributed by atoms with Gasteiger partial charge in [-0.1, -0.05) is 6.08 Å². The quantitative estimate of drug-likeness (QED) is 0.689. The maximum Gasteiger partial charge on any atom is 0.402 e. The van der Waals surface area contributed by atoms with Crippen LogP contribution in [-0.2, 0) is 10.0 Å². The molecule has 0 aromatic rings. The van der Waals surface area contributed by atoms with E-state index in [-0.39, 0.29) is 4.31 Å². The highest BCUT2D eigenvalue weighted by Gasteiger charge is 2.35. The van der Waals surface area contributed by atoms with Gasteiger partial charge < -0.3 is 5.11 Å². The van der Waals surface area contributed by atoms with Gasteiger partial charge in [0.1, 0.15) is 6.54 Å². The maximum absolute atomic E-state index is 12.0. The van der Waals surface area contributed by atoms with Crippen LogP contribution in [0.3, 0.4) is 0 Å². The van der Waals surface area contributed by atoms with Crippen molar-refractivity contribution in [1.82, 2.24) is 4.31 Å². The van der Waals surface area contributed by atoms with Crippen LogP contribution in [0.2, 0.25) is 0 Å². The Morgan fingerprint density at radius 3 is 2.27 bits per heavy atom. The first-order valence-electron chi connectivity index (χ1n) is 3.99. The van der Waals surface area contributed by atoms with E-state index in [1.54, 1.807) is 0 Å². The van der Waals surface area contributed by atoms with Crippen molar-refractivity contribution in [2.24, 2.45) is 0 Å². The lowest BCUT2D eigenvalue weighted by Crippen LogP contribution is -2.41. The molecule has 15 heavy (non-hydrogen) atoms. The Balaban J connectivity index is 4.73. The lowest BCUT2D eigenvalue weighted by atomic mass is 10.6. The van der Waals surface area contributed by atoms with E-state index in [1.165, 1.54) is 0 Å². The molecule has 0 aliphatic carbocycles. The zero-order valence-electron chi connectivity index (χ0n) is 7.87. The minimum Gasteiger partial charge on any atom is -0.395 e. The van der Waals surface area contributed by atoms with Crippen LogP contribution in [0.1, 0.15) is 0 Å². The van der Waals surface area contributed by atoms with Gasteiger partial charge >= 0.3 is 6.18 Å². The van der Waals surface area contributed by atoms with Crippen molar-refractivity contribution in [1.29, 1.82) is 0 Å². The Bertz CT molecular complexity index is 299. The second-order valence-electron chi connectivity index (χ2n) is 2.74. The van der Waals surface area contributed by atoms with Crippen molar-refractivity contribution >= 4 is 10.0 Å². The first-order valence-corrected chi connectivity index (χ1v) is 5.60. The Labute approximate surface area is 86.1 Å². The zero-order valence-corrected chi connectivity index (χ0v) is 8.68. The molecule has 0 fully saturated rings. The van der Waals surface area contributed by atoms with E-state index in [2.05, 4.69) is 6.58 Å².